The van der Waals surface area contributed by atoms with Crippen LogP contribution in [0.15, 0.2) is 53.5 Å². The van der Waals surface area contributed by atoms with E-state index in [1.165, 1.54) is 11.1 Å². The second-order valence-electron chi connectivity index (χ2n) is 7.77. The van der Waals surface area contributed by atoms with Crippen molar-refractivity contribution < 1.29 is 9.47 Å². The monoisotopic (exact) mass is 449 g/mol. The summed E-state index contributed by atoms with van der Waals surface area (Å²) >= 11 is 0. The number of morpholine rings is 1. The zero-order valence-electron chi connectivity index (χ0n) is 19.2. The van der Waals surface area contributed by atoms with E-state index in [4.69, 9.17) is 9.47 Å². The maximum Gasteiger partial charge on any atom is 0.191 e. The minimum Gasteiger partial charge on any atom is -0.497 e. The fourth-order valence-corrected chi connectivity index (χ4v) is 3.69. The first-order valence-corrected chi connectivity index (χ1v) is 11.1. The summed E-state index contributed by atoms with van der Waals surface area (Å²) in [6.07, 6.45) is 0. The number of benzene rings is 2. The highest BCUT2D eigenvalue weighted by Gasteiger charge is 2.13. The molecule has 2 aromatic carbocycles. The van der Waals surface area contributed by atoms with Gasteiger partial charge in [-0.05, 0) is 35.4 Å². The van der Waals surface area contributed by atoms with Gasteiger partial charge in [0.1, 0.15) is 11.6 Å². The molecule has 0 saturated carbocycles. The van der Waals surface area contributed by atoms with E-state index in [1.54, 1.807) is 14.2 Å². The van der Waals surface area contributed by atoms with Crippen LogP contribution in [0.3, 0.4) is 0 Å². The second-order valence-corrected chi connectivity index (χ2v) is 7.77. The molecule has 2 heterocycles. The molecule has 1 fully saturated rings. The van der Waals surface area contributed by atoms with Gasteiger partial charge in [0, 0.05) is 38.8 Å². The summed E-state index contributed by atoms with van der Waals surface area (Å²) in [5.74, 6) is 2.89. The van der Waals surface area contributed by atoms with Gasteiger partial charge in [0.15, 0.2) is 11.8 Å². The molecule has 3 N–H and O–H groups in total. The molecular weight excluding hydrogens is 418 g/mol. The first kappa shape index (κ1) is 22.8. The van der Waals surface area contributed by atoms with Crippen LogP contribution in [0.25, 0.3) is 11.4 Å². The van der Waals surface area contributed by atoms with Gasteiger partial charge in [-0.3, -0.25) is 15.0 Å². The molecule has 9 nitrogen and oxygen atoms in total. The number of nitrogens with zero attached hydrogens (tertiary/aromatic N) is 4. The van der Waals surface area contributed by atoms with Crippen molar-refractivity contribution in [3.8, 4) is 17.1 Å². The number of aromatic nitrogens is 3. The highest BCUT2D eigenvalue weighted by Crippen LogP contribution is 2.19. The molecule has 33 heavy (non-hydrogen) atoms. The van der Waals surface area contributed by atoms with Crippen molar-refractivity contribution in [1.82, 2.24) is 30.7 Å². The van der Waals surface area contributed by atoms with E-state index >= 15 is 0 Å². The molecule has 0 radical (unpaired) electrons. The number of guanidine groups is 1. The second kappa shape index (κ2) is 11.4. The van der Waals surface area contributed by atoms with Gasteiger partial charge in [-0.25, -0.2) is 4.98 Å². The normalized spacial score (nSPS) is 14.8. The highest BCUT2D eigenvalue weighted by molar-refractivity contribution is 5.79. The van der Waals surface area contributed by atoms with E-state index in [2.05, 4.69) is 60.0 Å². The molecule has 1 aliphatic rings. The van der Waals surface area contributed by atoms with E-state index in [9.17, 15) is 0 Å². The van der Waals surface area contributed by atoms with Crippen molar-refractivity contribution in [3.63, 3.8) is 0 Å². The Morgan fingerprint density at radius 3 is 2.52 bits per heavy atom. The Bertz CT molecular complexity index is 1040. The number of H-pyrrole nitrogens is 1. The SMILES string of the molecule is CN=C(NCc1nc(-c2ccc(OC)cc2)n[nH]1)NCc1ccccc1CN1CCOCC1. The van der Waals surface area contributed by atoms with Gasteiger partial charge in [-0.1, -0.05) is 24.3 Å². The van der Waals surface area contributed by atoms with Crippen LogP contribution in [0.4, 0.5) is 0 Å². The van der Waals surface area contributed by atoms with E-state index < -0.39 is 0 Å². The van der Waals surface area contributed by atoms with Crippen LogP contribution in [-0.4, -0.2) is 66.5 Å². The molecule has 1 aromatic heterocycles. The number of nitrogens with one attached hydrogen (secondary N) is 3. The molecule has 0 atom stereocenters. The lowest BCUT2D eigenvalue weighted by molar-refractivity contribution is 0.0341. The average Bonchev–Trinajstić information content (AvgIpc) is 3.35. The van der Waals surface area contributed by atoms with Crippen LogP contribution in [0.1, 0.15) is 17.0 Å². The van der Waals surface area contributed by atoms with Crippen LogP contribution in [0.2, 0.25) is 0 Å². The van der Waals surface area contributed by atoms with Crippen molar-refractivity contribution in [2.45, 2.75) is 19.6 Å². The fourth-order valence-electron chi connectivity index (χ4n) is 3.69. The molecule has 3 aromatic rings. The van der Waals surface area contributed by atoms with Gasteiger partial charge in [-0.15, -0.1) is 0 Å². The Morgan fingerprint density at radius 2 is 1.79 bits per heavy atom. The van der Waals surface area contributed by atoms with Gasteiger partial charge in [0.25, 0.3) is 0 Å². The maximum atomic E-state index is 5.47. The Balaban J connectivity index is 1.30. The first-order chi connectivity index (χ1) is 16.2. The van der Waals surface area contributed by atoms with Gasteiger partial charge in [-0.2, -0.15) is 5.10 Å². The third-order valence-corrected chi connectivity index (χ3v) is 5.59. The summed E-state index contributed by atoms with van der Waals surface area (Å²) in [6.45, 7) is 5.66. The van der Waals surface area contributed by atoms with E-state index in [0.29, 0.717) is 24.9 Å². The molecule has 4 rings (SSSR count). The van der Waals surface area contributed by atoms with Crippen molar-refractivity contribution in [3.05, 3.63) is 65.5 Å². The lowest BCUT2D eigenvalue weighted by atomic mass is 10.1. The number of aliphatic imine (C=N–C) groups is 1. The minimum absolute atomic E-state index is 0.484. The summed E-state index contributed by atoms with van der Waals surface area (Å²) in [6, 6.07) is 16.2. The zero-order chi connectivity index (χ0) is 22.9. The van der Waals surface area contributed by atoms with Gasteiger partial charge in [0.2, 0.25) is 0 Å². The molecule has 0 unspecified atom stereocenters. The zero-order valence-corrected chi connectivity index (χ0v) is 19.2. The molecule has 1 aliphatic heterocycles. The van der Waals surface area contributed by atoms with E-state index in [0.717, 1.165) is 50.0 Å². The fraction of sp³-hybridized carbons (Fsp3) is 0.375. The summed E-state index contributed by atoms with van der Waals surface area (Å²) in [5.41, 5.74) is 3.51. The predicted octanol–water partition coefficient (Wildman–Crippen LogP) is 2.18. The van der Waals surface area contributed by atoms with Gasteiger partial charge < -0.3 is 20.1 Å². The third kappa shape index (κ3) is 6.30. The van der Waals surface area contributed by atoms with E-state index in [1.807, 2.05) is 24.3 Å². The summed E-state index contributed by atoms with van der Waals surface area (Å²) in [4.78, 5) is 11.3. The Morgan fingerprint density at radius 1 is 1.06 bits per heavy atom. The van der Waals surface area contributed by atoms with Crippen molar-refractivity contribution in [2.24, 2.45) is 4.99 Å². The minimum atomic E-state index is 0.484. The molecule has 0 spiro atoms. The molecule has 0 aliphatic carbocycles. The maximum absolute atomic E-state index is 5.47. The summed E-state index contributed by atoms with van der Waals surface area (Å²) in [5, 5.41) is 14.0. The van der Waals surface area contributed by atoms with Crippen LogP contribution >= 0.6 is 0 Å². The Labute approximate surface area is 194 Å². The molecule has 1 saturated heterocycles. The van der Waals surface area contributed by atoms with Crippen molar-refractivity contribution in [1.29, 1.82) is 0 Å². The first-order valence-electron chi connectivity index (χ1n) is 11.1. The smallest absolute Gasteiger partial charge is 0.191 e. The third-order valence-electron chi connectivity index (χ3n) is 5.59. The number of methoxy groups -OCH3 is 1. The van der Waals surface area contributed by atoms with Crippen LogP contribution in [0, 0.1) is 0 Å². The van der Waals surface area contributed by atoms with Crippen LogP contribution < -0.4 is 15.4 Å². The Kier molecular flexibility index (Phi) is 7.89. The largest absolute Gasteiger partial charge is 0.497 e. The lowest BCUT2D eigenvalue weighted by Gasteiger charge is -2.27. The number of aromatic amines is 1. The van der Waals surface area contributed by atoms with Crippen molar-refractivity contribution in [2.75, 3.05) is 40.5 Å². The molecule has 0 amide bonds. The molecule has 9 heteroatoms. The topological polar surface area (TPSA) is 99.7 Å². The summed E-state index contributed by atoms with van der Waals surface area (Å²) in [7, 11) is 3.41. The Hall–Kier alpha value is -3.43. The van der Waals surface area contributed by atoms with E-state index in [-0.39, 0.29) is 0 Å². The highest BCUT2D eigenvalue weighted by atomic mass is 16.5. The average molecular weight is 450 g/mol. The van der Waals surface area contributed by atoms with Gasteiger partial charge >= 0.3 is 0 Å². The quantitative estimate of drug-likeness (QED) is 0.358. The number of ether oxygens (including phenoxy) is 2. The number of hydrogen-bond donors (Lipinski definition) is 3. The van der Waals surface area contributed by atoms with Crippen molar-refractivity contribution >= 4 is 5.96 Å². The molecular formula is C24H31N7O2. The molecule has 174 valence electrons. The number of rotatable bonds is 8. The summed E-state index contributed by atoms with van der Waals surface area (Å²) < 4.78 is 10.7. The standard InChI is InChI=1S/C24H31N7O2/c1-25-24(26-15-19-5-3-4-6-20(19)17-31-11-13-33-14-12-31)27-16-22-28-23(30-29-22)18-7-9-21(32-2)10-8-18/h3-10H,11-17H2,1-2H3,(H2,25,26,27)(H,28,29,30). The number of hydrogen-bond acceptors (Lipinski definition) is 6. The van der Waals surface area contributed by atoms with Gasteiger partial charge in [0.05, 0.1) is 26.9 Å². The van der Waals surface area contributed by atoms with Crippen LogP contribution in [0.5, 0.6) is 5.75 Å². The lowest BCUT2D eigenvalue weighted by Crippen LogP contribution is -2.38. The van der Waals surface area contributed by atoms with Crippen LogP contribution in [-0.2, 0) is 24.4 Å². The predicted molar refractivity (Wildman–Crippen MR) is 128 cm³/mol. The molecule has 0 bridgehead atoms.